The van der Waals surface area contributed by atoms with E-state index in [-0.39, 0.29) is 0 Å². The zero-order valence-electron chi connectivity index (χ0n) is 10.6. The van der Waals surface area contributed by atoms with E-state index in [1.165, 1.54) is 15.6 Å². The number of halogens is 1. The van der Waals surface area contributed by atoms with Gasteiger partial charge in [0.2, 0.25) is 0 Å². The number of nitrogens with one attached hydrogen (secondary N) is 2. The molecule has 0 aliphatic rings. The zero-order valence-corrected chi connectivity index (χ0v) is 12.1. The van der Waals surface area contributed by atoms with Gasteiger partial charge in [-0.1, -0.05) is 33.6 Å². The van der Waals surface area contributed by atoms with Gasteiger partial charge in [0.25, 0.3) is 0 Å². The van der Waals surface area contributed by atoms with Crippen LogP contribution in [0.3, 0.4) is 0 Å². The van der Waals surface area contributed by atoms with E-state index in [2.05, 4.69) is 51.7 Å². The third-order valence-corrected chi connectivity index (χ3v) is 3.25. The van der Waals surface area contributed by atoms with E-state index in [0.717, 1.165) is 32.8 Å². The average Bonchev–Trinajstić information content (AvgIpc) is 2.32. The SMILES string of the molecule is COCCNCCNCc1cc(C)ccc1Br. The van der Waals surface area contributed by atoms with Crippen molar-refractivity contribution in [2.24, 2.45) is 0 Å². The van der Waals surface area contributed by atoms with Gasteiger partial charge in [-0.05, 0) is 18.6 Å². The summed E-state index contributed by atoms with van der Waals surface area (Å²) in [5.74, 6) is 0. The van der Waals surface area contributed by atoms with Crippen LogP contribution in [0.2, 0.25) is 0 Å². The summed E-state index contributed by atoms with van der Waals surface area (Å²) in [6.45, 7) is 6.61. The fraction of sp³-hybridized carbons (Fsp3) is 0.538. The lowest BCUT2D eigenvalue weighted by atomic mass is 10.1. The second-order valence-electron chi connectivity index (χ2n) is 4.01. The normalized spacial score (nSPS) is 10.8. The second kappa shape index (κ2) is 8.64. The Morgan fingerprint density at radius 2 is 1.94 bits per heavy atom. The van der Waals surface area contributed by atoms with Crippen molar-refractivity contribution in [1.82, 2.24) is 10.6 Å². The summed E-state index contributed by atoms with van der Waals surface area (Å²) >= 11 is 3.56. The maximum atomic E-state index is 4.96. The number of hydrogen-bond donors (Lipinski definition) is 2. The van der Waals surface area contributed by atoms with Crippen molar-refractivity contribution in [2.45, 2.75) is 13.5 Å². The summed E-state index contributed by atoms with van der Waals surface area (Å²) in [5, 5.41) is 6.71. The van der Waals surface area contributed by atoms with E-state index >= 15 is 0 Å². The maximum Gasteiger partial charge on any atom is 0.0587 e. The zero-order chi connectivity index (χ0) is 12.5. The van der Waals surface area contributed by atoms with Crippen LogP contribution in [-0.2, 0) is 11.3 Å². The fourth-order valence-electron chi connectivity index (χ4n) is 1.54. The minimum absolute atomic E-state index is 0.767. The number of aryl methyl sites for hydroxylation is 1. The first-order valence-corrected chi connectivity index (χ1v) is 6.68. The van der Waals surface area contributed by atoms with Crippen LogP contribution in [-0.4, -0.2) is 33.4 Å². The molecule has 0 saturated carbocycles. The molecule has 2 N–H and O–H groups in total. The van der Waals surface area contributed by atoms with E-state index in [1.54, 1.807) is 7.11 Å². The second-order valence-corrected chi connectivity index (χ2v) is 4.87. The van der Waals surface area contributed by atoms with E-state index < -0.39 is 0 Å². The molecule has 0 aliphatic heterocycles. The quantitative estimate of drug-likeness (QED) is 0.721. The van der Waals surface area contributed by atoms with Crippen LogP contribution in [0.1, 0.15) is 11.1 Å². The predicted octanol–water partition coefficient (Wildman–Crippen LogP) is 2.08. The highest BCUT2D eigenvalue weighted by atomic mass is 79.9. The lowest BCUT2D eigenvalue weighted by Crippen LogP contribution is -2.29. The molecule has 1 rings (SSSR count). The van der Waals surface area contributed by atoms with E-state index in [9.17, 15) is 0 Å². The summed E-state index contributed by atoms with van der Waals surface area (Å²) in [4.78, 5) is 0. The molecule has 0 atom stereocenters. The minimum Gasteiger partial charge on any atom is -0.383 e. The highest BCUT2D eigenvalue weighted by Gasteiger charge is 1.99. The van der Waals surface area contributed by atoms with Crippen LogP contribution < -0.4 is 10.6 Å². The molecule has 0 aliphatic carbocycles. The Hall–Kier alpha value is -0.420. The lowest BCUT2D eigenvalue weighted by Gasteiger charge is -2.08. The molecule has 1 aromatic rings. The van der Waals surface area contributed by atoms with Gasteiger partial charge in [-0.3, -0.25) is 0 Å². The van der Waals surface area contributed by atoms with Crippen molar-refractivity contribution in [1.29, 1.82) is 0 Å². The first kappa shape index (κ1) is 14.6. The van der Waals surface area contributed by atoms with Crippen LogP contribution in [0.5, 0.6) is 0 Å². The Balaban J connectivity index is 2.15. The standard InChI is InChI=1S/C13H21BrN2O/c1-11-3-4-13(14)12(9-11)10-16-6-5-15-7-8-17-2/h3-4,9,15-16H,5-8,10H2,1-2H3. The molecular weight excluding hydrogens is 280 g/mol. The van der Waals surface area contributed by atoms with Gasteiger partial charge in [0.15, 0.2) is 0 Å². The number of rotatable bonds is 8. The molecule has 0 radical (unpaired) electrons. The highest BCUT2D eigenvalue weighted by molar-refractivity contribution is 9.10. The first-order valence-electron chi connectivity index (χ1n) is 5.89. The van der Waals surface area contributed by atoms with Crippen LogP contribution in [0.4, 0.5) is 0 Å². The number of methoxy groups -OCH3 is 1. The van der Waals surface area contributed by atoms with Gasteiger partial charge >= 0.3 is 0 Å². The average molecular weight is 301 g/mol. The third kappa shape index (κ3) is 6.17. The molecule has 1 aromatic carbocycles. The van der Waals surface area contributed by atoms with Crippen LogP contribution in [0.15, 0.2) is 22.7 Å². The van der Waals surface area contributed by atoms with Crippen molar-refractivity contribution < 1.29 is 4.74 Å². The summed E-state index contributed by atoms with van der Waals surface area (Å²) in [6.07, 6.45) is 0. The third-order valence-electron chi connectivity index (χ3n) is 2.48. The maximum absolute atomic E-state index is 4.96. The first-order chi connectivity index (χ1) is 8.24. The number of hydrogen-bond acceptors (Lipinski definition) is 3. The Morgan fingerprint density at radius 3 is 2.71 bits per heavy atom. The molecule has 4 heteroatoms. The summed E-state index contributed by atoms with van der Waals surface area (Å²) in [7, 11) is 1.72. The molecule has 0 amide bonds. The van der Waals surface area contributed by atoms with Gasteiger partial charge in [0, 0.05) is 37.8 Å². The topological polar surface area (TPSA) is 33.3 Å². The Labute approximate surface area is 112 Å². The molecule has 0 spiro atoms. The van der Waals surface area contributed by atoms with Gasteiger partial charge in [0.1, 0.15) is 0 Å². The van der Waals surface area contributed by atoms with Crippen molar-refractivity contribution in [3.63, 3.8) is 0 Å². The minimum atomic E-state index is 0.767. The Kier molecular flexibility index (Phi) is 7.44. The molecule has 17 heavy (non-hydrogen) atoms. The van der Waals surface area contributed by atoms with Crippen LogP contribution in [0.25, 0.3) is 0 Å². The summed E-state index contributed by atoms with van der Waals surface area (Å²) in [6, 6.07) is 6.42. The highest BCUT2D eigenvalue weighted by Crippen LogP contribution is 2.17. The van der Waals surface area contributed by atoms with Gasteiger partial charge in [0.05, 0.1) is 6.61 Å². The molecule has 0 aromatic heterocycles. The van der Waals surface area contributed by atoms with Crippen molar-refractivity contribution in [2.75, 3.05) is 33.4 Å². The van der Waals surface area contributed by atoms with E-state index in [0.29, 0.717) is 0 Å². The molecule has 3 nitrogen and oxygen atoms in total. The molecule has 0 bridgehead atoms. The summed E-state index contributed by atoms with van der Waals surface area (Å²) in [5.41, 5.74) is 2.60. The predicted molar refractivity (Wildman–Crippen MR) is 75.3 cm³/mol. The molecule has 0 heterocycles. The van der Waals surface area contributed by atoms with E-state index in [1.807, 2.05) is 0 Å². The molecule has 0 saturated heterocycles. The van der Waals surface area contributed by atoms with E-state index in [4.69, 9.17) is 4.74 Å². The lowest BCUT2D eigenvalue weighted by molar-refractivity contribution is 0.199. The molecular formula is C13H21BrN2O. The molecule has 0 fully saturated rings. The van der Waals surface area contributed by atoms with Crippen molar-refractivity contribution >= 4 is 15.9 Å². The van der Waals surface area contributed by atoms with Crippen molar-refractivity contribution in [3.05, 3.63) is 33.8 Å². The summed E-state index contributed by atoms with van der Waals surface area (Å²) < 4.78 is 6.13. The van der Waals surface area contributed by atoms with Gasteiger partial charge in [-0.25, -0.2) is 0 Å². The Bertz CT molecular complexity index is 331. The number of benzene rings is 1. The van der Waals surface area contributed by atoms with Gasteiger partial charge in [-0.2, -0.15) is 0 Å². The smallest absolute Gasteiger partial charge is 0.0587 e. The largest absolute Gasteiger partial charge is 0.383 e. The Morgan fingerprint density at radius 1 is 1.18 bits per heavy atom. The van der Waals surface area contributed by atoms with Gasteiger partial charge in [-0.15, -0.1) is 0 Å². The molecule has 0 unspecified atom stereocenters. The van der Waals surface area contributed by atoms with Crippen LogP contribution >= 0.6 is 15.9 Å². The molecule has 96 valence electrons. The monoisotopic (exact) mass is 300 g/mol. The van der Waals surface area contributed by atoms with Crippen LogP contribution in [0, 0.1) is 6.92 Å². The van der Waals surface area contributed by atoms with Crippen molar-refractivity contribution in [3.8, 4) is 0 Å². The van der Waals surface area contributed by atoms with Gasteiger partial charge < -0.3 is 15.4 Å². The number of ether oxygens (including phenoxy) is 1. The fourth-order valence-corrected chi connectivity index (χ4v) is 1.92.